The molecule has 1 saturated heterocycles. The van der Waals surface area contributed by atoms with E-state index in [2.05, 4.69) is 32.7 Å². The van der Waals surface area contributed by atoms with Gasteiger partial charge in [0.2, 0.25) is 0 Å². The molecule has 2 aliphatic rings. The summed E-state index contributed by atoms with van der Waals surface area (Å²) in [4.78, 5) is 31.4. The number of piperidine rings is 1. The molecule has 1 amide bonds. The van der Waals surface area contributed by atoms with Crippen LogP contribution in [0, 0.1) is 0 Å². The Bertz CT molecular complexity index is 813. The lowest BCUT2D eigenvalue weighted by Gasteiger charge is -2.32. The van der Waals surface area contributed by atoms with Gasteiger partial charge >= 0.3 is 0 Å². The molecule has 0 bridgehead atoms. The van der Waals surface area contributed by atoms with Crippen LogP contribution in [0.25, 0.3) is 0 Å². The lowest BCUT2D eigenvalue weighted by molar-refractivity contribution is 0.0899. The molecule has 1 aliphatic heterocycles. The van der Waals surface area contributed by atoms with Crippen LogP contribution in [0.5, 0.6) is 0 Å². The standard InChI is InChI=1S/C19H23N3O2S/c23-18(16-10-13-4-1-7-17(13)21-19(16)24)20-14-5-2-8-22(11-14)12-15-6-3-9-25-15/h3,6,9-10,14H,1-2,4-5,7-8,11-12H2,(H,20,23)(H,21,24)/t14-/m1/s1. The fourth-order valence-corrected chi connectivity index (χ4v) is 4.63. The molecule has 1 fully saturated rings. The Hall–Kier alpha value is -1.92. The van der Waals surface area contributed by atoms with Crippen molar-refractivity contribution in [2.75, 3.05) is 13.1 Å². The SMILES string of the molecule is O=C(N[C@@H]1CCCN(Cc2cccs2)C1)c1cc2c([nH]c1=O)CCC2. The van der Waals surface area contributed by atoms with Crippen LogP contribution < -0.4 is 10.9 Å². The number of hydrogen-bond acceptors (Lipinski definition) is 4. The molecule has 1 atom stereocenters. The lowest BCUT2D eigenvalue weighted by Crippen LogP contribution is -2.48. The van der Waals surface area contributed by atoms with Crippen molar-refractivity contribution in [1.82, 2.24) is 15.2 Å². The smallest absolute Gasteiger partial charge is 0.261 e. The molecule has 25 heavy (non-hydrogen) atoms. The molecule has 0 unspecified atom stereocenters. The van der Waals surface area contributed by atoms with Crippen LogP contribution in [-0.4, -0.2) is 34.9 Å². The monoisotopic (exact) mass is 357 g/mol. The van der Waals surface area contributed by atoms with E-state index < -0.39 is 0 Å². The molecule has 1 aliphatic carbocycles. The molecular formula is C19H23N3O2S. The quantitative estimate of drug-likeness (QED) is 0.883. The van der Waals surface area contributed by atoms with Crippen LogP contribution in [0.1, 0.15) is 45.8 Å². The Morgan fingerprint density at radius 3 is 3.12 bits per heavy atom. The molecular weight excluding hydrogens is 334 g/mol. The highest BCUT2D eigenvalue weighted by Gasteiger charge is 2.24. The molecule has 2 N–H and O–H groups in total. The van der Waals surface area contributed by atoms with Gasteiger partial charge in [0, 0.05) is 29.7 Å². The fourth-order valence-electron chi connectivity index (χ4n) is 3.88. The van der Waals surface area contributed by atoms with E-state index in [1.165, 1.54) is 4.88 Å². The minimum Gasteiger partial charge on any atom is -0.348 e. The summed E-state index contributed by atoms with van der Waals surface area (Å²) in [6, 6.07) is 6.12. The summed E-state index contributed by atoms with van der Waals surface area (Å²) in [5.41, 5.74) is 2.12. The maximum atomic E-state index is 12.6. The molecule has 0 spiro atoms. The number of carbonyl (C=O) groups excluding carboxylic acids is 1. The van der Waals surface area contributed by atoms with Crippen LogP contribution in [0.2, 0.25) is 0 Å². The zero-order chi connectivity index (χ0) is 17.2. The largest absolute Gasteiger partial charge is 0.348 e. The first-order valence-corrected chi connectivity index (χ1v) is 9.87. The highest BCUT2D eigenvalue weighted by Crippen LogP contribution is 2.20. The maximum absolute atomic E-state index is 12.6. The van der Waals surface area contributed by atoms with Crippen LogP contribution in [0.15, 0.2) is 28.4 Å². The third kappa shape index (κ3) is 3.70. The van der Waals surface area contributed by atoms with E-state index in [4.69, 9.17) is 0 Å². The number of pyridine rings is 1. The predicted octanol–water partition coefficient (Wildman–Crippen LogP) is 2.32. The first-order chi connectivity index (χ1) is 12.2. The number of nitrogens with zero attached hydrogens (tertiary/aromatic N) is 1. The van der Waals surface area contributed by atoms with E-state index in [1.54, 1.807) is 17.4 Å². The summed E-state index contributed by atoms with van der Waals surface area (Å²) in [6.07, 6.45) is 4.94. The van der Waals surface area contributed by atoms with E-state index in [0.717, 1.165) is 63.0 Å². The highest BCUT2D eigenvalue weighted by atomic mass is 32.1. The molecule has 0 saturated carbocycles. The second-order valence-corrected chi connectivity index (χ2v) is 8.03. The van der Waals surface area contributed by atoms with Gasteiger partial charge < -0.3 is 10.3 Å². The number of thiophene rings is 1. The average molecular weight is 357 g/mol. The molecule has 4 rings (SSSR count). The van der Waals surface area contributed by atoms with Crippen LogP contribution in [-0.2, 0) is 19.4 Å². The number of carbonyl (C=O) groups is 1. The van der Waals surface area contributed by atoms with Crippen LogP contribution in [0.4, 0.5) is 0 Å². The second-order valence-electron chi connectivity index (χ2n) is 7.00. The maximum Gasteiger partial charge on any atom is 0.261 e. The van der Waals surface area contributed by atoms with E-state index in [-0.39, 0.29) is 23.1 Å². The molecule has 5 nitrogen and oxygen atoms in total. The van der Waals surface area contributed by atoms with Crippen molar-refractivity contribution in [2.45, 2.75) is 44.7 Å². The Morgan fingerprint density at radius 2 is 2.28 bits per heavy atom. The van der Waals surface area contributed by atoms with Crippen molar-refractivity contribution in [1.29, 1.82) is 0 Å². The van der Waals surface area contributed by atoms with Gasteiger partial charge in [-0.2, -0.15) is 0 Å². The molecule has 2 aromatic heterocycles. The van der Waals surface area contributed by atoms with E-state index in [0.29, 0.717) is 0 Å². The van der Waals surface area contributed by atoms with Crippen molar-refractivity contribution in [3.05, 3.63) is 55.6 Å². The van der Waals surface area contributed by atoms with Gasteiger partial charge in [-0.1, -0.05) is 6.07 Å². The van der Waals surface area contributed by atoms with Gasteiger partial charge in [0.1, 0.15) is 5.56 Å². The number of hydrogen-bond donors (Lipinski definition) is 2. The molecule has 3 heterocycles. The molecule has 0 radical (unpaired) electrons. The Labute approximate surface area is 151 Å². The zero-order valence-electron chi connectivity index (χ0n) is 14.2. The molecule has 0 aromatic carbocycles. The molecule has 2 aromatic rings. The predicted molar refractivity (Wildman–Crippen MR) is 99.2 cm³/mol. The fraction of sp³-hybridized carbons (Fsp3) is 0.474. The number of aryl methyl sites for hydroxylation is 2. The first kappa shape index (κ1) is 16.5. The molecule has 132 valence electrons. The van der Waals surface area contributed by atoms with Gasteiger partial charge in [-0.3, -0.25) is 14.5 Å². The summed E-state index contributed by atoms with van der Waals surface area (Å²) in [5.74, 6) is -0.237. The number of rotatable bonds is 4. The van der Waals surface area contributed by atoms with Crippen molar-refractivity contribution < 1.29 is 4.79 Å². The molecule has 6 heteroatoms. The lowest BCUT2D eigenvalue weighted by atomic mass is 10.0. The summed E-state index contributed by atoms with van der Waals surface area (Å²) in [5, 5.41) is 5.18. The first-order valence-electron chi connectivity index (χ1n) is 9.00. The van der Waals surface area contributed by atoms with E-state index >= 15 is 0 Å². The minimum absolute atomic E-state index is 0.105. The average Bonchev–Trinajstić information content (AvgIpc) is 3.25. The number of aromatic amines is 1. The van der Waals surface area contributed by atoms with E-state index in [9.17, 15) is 9.59 Å². The number of nitrogens with one attached hydrogen (secondary N) is 2. The zero-order valence-corrected chi connectivity index (χ0v) is 15.0. The van der Waals surface area contributed by atoms with E-state index in [1.807, 2.05) is 0 Å². The number of fused-ring (bicyclic) bond motifs is 1. The van der Waals surface area contributed by atoms with Crippen molar-refractivity contribution in [2.24, 2.45) is 0 Å². The van der Waals surface area contributed by atoms with Gasteiger partial charge in [-0.05, 0) is 61.7 Å². The van der Waals surface area contributed by atoms with Crippen molar-refractivity contribution in [3.8, 4) is 0 Å². The van der Waals surface area contributed by atoms with Crippen molar-refractivity contribution >= 4 is 17.2 Å². The topological polar surface area (TPSA) is 65.2 Å². The van der Waals surface area contributed by atoms with Gasteiger partial charge in [0.05, 0.1) is 0 Å². The van der Waals surface area contributed by atoms with Crippen LogP contribution in [0.3, 0.4) is 0 Å². The minimum atomic E-state index is -0.260. The highest BCUT2D eigenvalue weighted by molar-refractivity contribution is 7.09. The third-order valence-corrected chi connectivity index (χ3v) is 5.99. The normalized spacial score (nSPS) is 20.4. The summed E-state index contributed by atoms with van der Waals surface area (Å²) in [7, 11) is 0. The van der Waals surface area contributed by atoms with Crippen molar-refractivity contribution in [3.63, 3.8) is 0 Å². The Balaban J connectivity index is 1.41. The van der Waals surface area contributed by atoms with Gasteiger partial charge in [0.15, 0.2) is 0 Å². The van der Waals surface area contributed by atoms with Crippen LogP contribution >= 0.6 is 11.3 Å². The second kappa shape index (κ2) is 7.14. The van der Waals surface area contributed by atoms with Gasteiger partial charge in [0.25, 0.3) is 11.5 Å². The summed E-state index contributed by atoms with van der Waals surface area (Å²) < 4.78 is 0. The number of H-pyrrole nitrogens is 1. The Morgan fingerprint density at radius 1 is 1.36 bits per heavy atom. The third-order valence-electron chi connectivity index (χ3n) is 5.13. The Kier molecular flexibility index (Phi) is 4.72. The summed E-state index contributed by atoms with van der Waals surface area (Å²) >= 11 is 1.77. The number of amides is 1. The number of aromatic nitrogens is 1. The van der Waals surface area contributed by atoms with Gasteiger partial charge in [-0.15, -0.1) is 11.3 Å². The van der Waals surface area contributed by atoms with Gasteiger partial charge in [-0.25, -0.2) is 0 Å². The summed E-state index contributed by atoms with van der Waals surface area (Å²) in [6.45, 7) is 2.83. The number of likely N-dealkylation sites (tertiary alicyclic amines) is 1.